The molecule has 1 aliphatic rings. The summed E-state index contributed by atoms with van der Waals surface area (Å²) < 4.78 is 0. The molecule has 5 heteroatoms. The quantitative estimate of drug-likeness (QED) is 0.231. The minimum Gasteiger partial charge on any atom is -0.481 e. The molecule has 1 saturated heterocycles. The standard InChI is InChI=1S/C24H48N2O3/c1-3-5-6-7-8-9-10-11-12-13-14-15-16-17-18-19-23-25-21-22(20-24(27)28)26(23)29-4-2/h22-23,25H,3-21H2,1-2H3,(H,27,28). The van der Waals surface area contributed by atoms with Crippen LogP contribution in [0.4, 0.5) is 0 Å². The van der Waals surface area contributed by atoms with Crippen LogP contribution in [0.25, 0.3) is 0 Å². The Morgan fingerprint density at radius 2 is 1.34 bits per heavy atom. The first kappa shape index (κ1) is 26.4. The number of rotatable bonds is 20. The highest BCUT2D eigenvalue weighted by Gasteiger charge is 2.34. The third-order valence-electron chi connectivity index (χ3n) is 6.03. The van der Waals surface area contributed by atoms with Crippen LogP contribution in [0, 0.1) is 0 Å². The minimum absolute atomic E-state index is 0.0474. The lowest BCUT2D eigenvalue weighted by molar-refractivity contribution is -0.195. The summed E-state index contributed by atoms with van der Waals surface area (Å²) in [5, 5.41) is 14.4. The molecule has 1 rings (SSSR count). The molecule has 172 valence electrons. The number of unbranched alkanes of at least 4 members (excludes halogenated alkanes) is 14. The van der Waals surface area contributed by atoms with Crippen LogP contribution < -0.4 is 5.32 Å². The van der Waals surface area contributed by atoms with Gasteiger partial charge in [-0.15, -0.1) is 0 Å². The second-order valence-corrected chi connectivity index (χ2v) is 8.69. The van der Waals surface area contributed by atoms with E-state index in [-0.39, 0.29) is 18.6 Å². The van der Waals surface area contributed by atoms with E-state index in [1.54, 1.807) is 0 Å². The van der Waals surface area contributed by atoms with Crippen molar-refractivity contribution in [2.24, 2.45) is 0 Å². The Bertz CT molecular complexity index is 392. The maximum Gasteiger partial charge on any atom is 0.305 e. The first-order valence-electron chi connectivity index (χ1n) is 12.6. The molecule has 0 radical (unpaired) electrons. The van der Waals surface area contributed by atoms with Crippen LogP contribution in [-0.2, 0) is 9.63 Å². The molecule has 5 nitrogen and oxygen atoms in total. The zero-order valence-corrected chi connectivity index (χ0v) is 19.3. The smallest absolute Gasteiger partial charge is 0.305 e. The summed E-state index contributed by atoms with van der Waals surface area (Å²) in [6.07, 6.45) is 22.0. The van der Waals surface area contributed by atoms with E-state index in [0.29, 0.717) is 13.2 Å². The van der Waals surface area contributed by atoms with Gasteiger partial charge >= 0.3 is 5.97 Å². The molecule has 0 saturated carbocycles. The third-order valence-corrected chi connectivity index (χ3v) is 6.03. The van der Waals surface area contributed by atoms with Crippen LogP contribution in [0.3, 0.4) is 0 Å². The fourth-order valence-electron chi connectivity index (χ4n) is 4.35. The van der Waals surface area contributed by atoms with Crippen molar-refractivity contribution in [1.82, 2.24) is 10.4 Å². The Hall–Kier alpha value is -0.650. The molecule has 0 spiro atoms. The molecule has 2 unspecified atom stereocenters. The van der Waals surface area contributed by atoms with E-state index in [1.807, 2.05) is 12.0 Å². The second-order valence-electron chi connectivity index (χ2n) is 8.69. The summed E-state index contributed by atoms with van der Waals surface area (Å²) >= 11 is 0. The molecular formula is C24H48N2O3. The van der Waals surface area contributed by atoms with E-state index in [1.165, 1.54) is 96.3 Å². The highest BCUT2D eigenvalue weighted by molar-refractivity contribution is 5.67. The zero-order valence-electron chi connectivity index (χ0n) is 19.3. The fourth-order valence-corrected chi connectivity index (χ4v) is 4.35. The molecule has 2 N–H and O–H groups in total. The summed E-state index contributed by atoms with van der Waals surface area (Å²) in [6.45, 7) is 5.53. The molecule has 0 aromatic rings. The van der Waals surface area contributed by atoms with Crippen LogP contribution in [0.1, 0.15) is 123 Å². The van der Waals surface area contributed by atoms with Gasteiger partial charge in [-0.2, -0.15) is 5.06 Å². The predicted octanol–water partition coefficient (Wildman–Crippen LogP) is 6.27. The Balaban J connectivity index is 1.92. The molecule has 2 atom stereocenters. The Morgan fingerprint density at radius 3 is 1.79 bits per heavy atom. The van der Waals surface area contributed by atoms with Gasteiger partial charge in [-0.25, -0.2) is 0 Å². The van der Waals surface area contributed by atoms with Gasteiger partial charge in [0.15, 0.2) is 0 Å². The zero-order chi connectivity index (χ0) is 21.2. The van der Waals surface area contributed by atoms with Gasteiger partial charge in [-0.1, -0.05) is 103 Å². The number of nitrogens with one attached hydrogen (secondary N) is 1. The molecule has 0 aromatic carbocycles. The molecular weight excluding hydrogens is 364 g/mol. The van der Waals surface area contributed by atoms with E-state index in [0.717, 1.165) is 6.42 Å². The summed E-state index contributed by atoms with van der Waals surface area (Å²) in [5.41, 5.74) is 0. The van der Waals surface area contributed by atoms with Crippen LogP contribution in [0.2, 0.25) is 0 Å². The molecule has 0 aliphatic carbocycles. The Labute approximate surface area is 179 Å². The molecule has 1 aliphatic heterocycles. The van der Waals surface area contributed by atoms with Gasteiger partial charge in [0.25, 0.3) is 0 Å². The van der Waals surface area contributed by atoms with E-state index in [4.69, 9.17) is 9.94 Å². The highest BCUT2D eigenvalue weighted by atomic mass is 16.7. The third kappa shape index (κ3) is 13.3. The largest absolute Gasteiger partial charge is 0.481 e. The van der Waals surface area contributed by atoms with Crippen molar-refractivity contribution in [3.63, 3.8) is 0 Å². The SMILES string of the molecule is CCCCCCCCCCCCCCCCCC1NCC(CC(=O)O)N1OCC. The van der Waals surface area contributed by atoms with E-state index in [2.05, 4.69) is 12.2 Å². The van der Waals surface area contributed by atoms with Gasteiger partial charge in [0, 0.05) is 6.54 Å². The van der Waals surface area contributed by atoms with Crippen LogP contribution >= 0.6 is 0 Å². The minimum atomic E-state index is -0.755. The molecule has 0 aromatic heterocycles. The fraction of sp³-hybridized carbons (Fsp3) is 0.958. The van der Waals surface area contributed by atoms with Crippen LogP contribution in [-0.4, -0.2) is 41.5 Å². The topological polar surface area (TPSA) is 61.8 Å². The Morgan fingerprint density at radius 1 is 0.862 bits per heavy atom. The first-order valence-corrected chi connectivity index (χ1v) is 12.6. The predicted molar refractivity (Wildman–Crippen MR) is 121 cm³/mol. The van der Waals surface area contributed by atoms with Crippen LogP contribution in [0.15, 0.2) is 0 Å². The molecule has 29 heavy (non-hydrogen) atoms. The lowest BCUT2D eigenvalue weighted by atomic mass is 10.0. The van der Waals surface area contributed by atoms with Crippen molar-refractivity contribution in [2.75, 3.05) is 13.2 Å². The summed E-state index contributed by atoms with van der Waals surface area (Å²) in [6, 6.07) is -0.0474. The van der Waals surface area contributed by atoms with Gasteiger partial charge in [-0.3, -0.25) is 14.9 Å². The molecule has 0 amide bonds. The average Bonchev–Trinajstić information content (AvgIpc) is 3.06. The average molecular weight is 413 g/mol. The van der Waals surface area contributed by atoms with E-state index in [9.17, 15) is 4.79 Å². The summed E-state index contributed by atoms with van der Waals surface area (Å²) in [7, 11) is 0. The van der Waals surface area contributed by atoms with Gasteiger partial charge in [0.05, 0.1) is 25.2 Å². The van der Waals surface area contributed by atoms with Crippen molar-refractivity contribution in [2.45, 2.75) is 135 Å². The number of nitrogens with zero attached hydrogens (tertiary/aromatic N) is 1. The van der Waals surface area contributed by atoms with Gasteiger partial charge in [-0.05, 0) is 13.3 Å². The number of carbonyl (C=O) groups is 1. The molecule has 0 bridgehead atoms. The van der Waals surface area contributed by atoms with Crippen molar-refractivity contribution < 1.29 is 14.7 Å². The lowest BCUT2D eigenvalue weighted by Gasteiger charge is -2.27. The normalized spacial score (nSPS) is 19.8. The monoisotopic (exact) mass is 412 g/mol. The van der Waals surface area contributed by atoms with Gasteiger partial charge in [0.2, 0.25) is 0 Å². The maximum absolute atomic E-state index is 11.0. The van der Waals surface area contributed by atoms with Crippen molar-refractivity contribution >= 4 is 5.97 Å². The Kier molecular flexibility index (Phi) is 16.5. The number of carboxylic acid groups (broad SMARTS) is 1. The van der Waals surface area contributed by atoms with Gasteiger partial charge in [0.1, 0.15) is 0 Å². The number of carboxylic acids is 1. The van der Waals surface area contributed by atoms with Gasteiger partial charge < -0.3 is 5.11 Å². The highest BCUT2D eigenvalue weighted by Crippen LogP contribution is 2.20. The number of aliphatic carboxylic acids is 1. The van der Waals surface area contributed by atoms with Crippen molar-refractivity contribution in [1.29, 1.82) is 0 Å². The second kappa shape index (κ2) is 18.1. The lowest BCUT2D eigenvalue weighted by Crippen LogP contribution is -2.40. The number of hydrogen-bond acceptors (Lipinski definition) is 4. The molecule has 1 heterocycles. The number of hydrogen-bond donors (Lipinski definition) is 2. The first-order chi connectivity index (χ1) is 14.2. The van der Waals surface area contributed by atoms with Crippen molar-refractivity contribution in [3.05, 3.63) is 0 Å². The number of hydroxylamine groups is 2. The van der Waals surface area contributed by atoms with Crippen molar-refractivity contribution in [3.8, 4) is 0 Å². The van der Waals surface area contributed by atoms with Crippen LogP contribution in [0.5, 0.6) is 0 Å². The maximum atomic E-state index is 11.0. The molecule has 1 fully saturated rings. The summed E-state index contributed by atoms with van der Waals surface area (Å²) in [4.78, 5) is 16.7. The van der Waals surface area contributed by atoms with E-state index >= 15 is 0 Å². The summed E-state index contributed by atoms with van der Waals surface area (Å²) in [5.74, 6) is -0.755. The van der Waals surface area contributed by atoms with E-state index < -0.39 is 5.97 Å².